The zero-order valence-corrected chi connectivity index (χ0v) is 11.4. The Bertz CT molecular complexity index is 628. The first-order valence-electron chi connectivity index (χ1n) is 7.70. The van der Waals surface area contributed by atoms with Crippen LogP contribution in [0, 0.1) is 11.3 Å². The highest BCUT2D eigenvalue weighted by molar-refractivity contribution is 5.77. The molecule has 2 aliphatic carbocycles. The van der Waals surface area contributed by atoms with Crippen molar-refractivity contribution in [3.05, 3.63) is 24.3 Å². The second-order valence-electron chi connectivity index (χ2n) is 6.56. The van der Waals surface area contributed by atoms with Gasteiger partial charge in [0.1, 0.15) is 0 Å². The van der Waals surface area contributed by atoms with Crippen molar-refractivity contribution >= 4 is 17.0 Å². The third-order valence-corrected chi connectivity index (χ3v) is 5.72. The van der Waals surface area contributed by atoms with E-state index in [1.54, 1.807) is 0 Å². The number of hydrogen-bond donors (Lipinski definition) is 2. The minimum Gasteiger partial charge on any atom is -0.377 e. The van der Waals surface area contributed by atoms with Gasteiger partial charge in [-0.2, -0.15) is 0 Å². The highest BCUT2D eigenvalue weighted by Gasteiger charge is 2.66. The second-order valence-corrected chi connectivity index (χ2v) is 6.56. The number of imidazole rings is 1. The summed E-state index contributed by atoms with van der Waals surface area (Å²) in [6.07, 6.45) is 5.69. The summed E-state index contributed by atoms with van der Waals surface area (Å²) in [7, 11) is 0. The fourth-order valence-corrected chi connectivity index (χ4v) is 4.62. The Kier molecular flexibility index (Phi) is 2.09. The van der Waals surface area contributed by atoms with Crippen LogP contribution >= 0.6 is 0 Å². The number of hydrogen-bond acceptors (Lipinski definition) is 3. The molecule has 1 spiro atoms. The van der Waals surface area contributed by atoms with Crippen molar-refractivity contribution in [1.29, 1.82) is 0 Å². The maximum atomic E-state index is 5.97. The summed E-state index contributed by atoms with van der Waals surface area (Å²) in [5.41, 5.74) is 2.55. The van der Waals surface area contributed by atoms with E-state index >= 15 is 0 Å². The molecule has 5 rings (SSSR count). The van der Waals surface area contributed by atoms with E-state index in [9.17, 15) is 0 Å². The summed E-state index contributed by atoms with van der Waals surface area (Å²) < 4.78 is 5.97. The third-order valence-electron chi connectivity index (χ3n) is 5.72. The number of nitrogens with zero attached hydrogens (tertiary/aromatic N) is 1. The Hall–Kier alpha value is -1.55. The highest BCUT2D eigenvalue weighted by Crippen LogP contribution is 2.63. The van der Waals surface area contributed by atoms with Gasteiger partial charge in [-0.05, 0) is 31.4 Å². The molecule has 2 aromatic rings. The Morgan fingerprint density at radius 1 is 1.30 bits per heavy atom. The maximum Gasteiger partial charge on any atom is 0.201 e. The molecule has 0 radical (unpaired) electrons. The number of aromatic nitrogens is 2. The summed E-state index contributed by atoms with van der Waals surface area (Å²) in [4.78, 5) is 8.06. The summed E-state index contributed by atoms with van der Waals surface area (Å²) in [5.74, 6) is 1.61. The van der Waals surface area contributed by atoms with Crippen LogP contribution in [0.25, 0.3) is 11.0 Å². The van der Waals surface area contributed by atoms with Crippen LogP contribution in [0.15, 0.2) is 24.3 Å². The topological polar surface area (TPSA) is 49.9 Å². The largest absolute Gasteiger partial charge is 0.377 e. The number of para-hydroxylation sites is 2. The molecule has 3 unspecified atom stereocenters. The van der Waals surface area contributed by atoms with Crippen LogP contribution in [0.5, 0.6) is 0 Å². The van der Waals surface area contributed by atoms with Gasteiger partial charge in [0, 0.05) is 24.0 Å². The molecule has 0 bridgehead atoms. The molecular formula is C16H19N3O. The van der Waals surface area contributed by atoms with Gasteiger partial charge in [0.15, 0.2) is 0 Å². The lowest BCUT2D eigenvalue weighted by Gasteiger charge is -2.63. The predicted octanol–water partition coefficient (Wildman–Crippen LogP) is 2.93. The molecule has 3 aliphatic rings. The normalized spacial score (nSPS) is 33.7. The lowest BCUT2D eigenvalue weighted by molar-refractivity contribution is -0.158. The maximum absolute atomic E-state index is 5.97. The summed E-state index contributed by atoms with van der Waals surface area (Å²) in [6.45, 7) is 0.940. The average molecular weight is 269 g/mol. The number of aromatic amines is 1. The Balaban J connectivity index is 1.45. The number of rotatable bonds is 2. The van der Waals surface area contributed by atoms with Gasteiger partial charge in [0.25, 0.3) is 0 Å². The van der Waals surface area contributed by atoms with Gasteiger partial charge in [-0.3, -0.25) is 0 Å². The first-order chi connectivity index (χ1) is 9.87. The molecule has 104 valence electrons. The van der Waals surface area contributed by atoms with Crippen LogP contribution in [-0.2, 0) is 4.74 Å². The van der Waals surface area contributed by atoms with Gasteiger partial charge in [0.2, 0.25) is 5.95 Å². The number of nitrogens with one attached hydrogen (secondary N) is 2. The molecule has 3 atom stereocenters. The van der Waals surface area contributed by atoms with Crippen molar-refractivity contribution in [2.24, 2.45) is 11.3 Å². The Labute approximate surface area is 117 Å². The molecular weight excluding hydrogens is 250 g/mol. The predicted molar refractivity (Wildman–Crippen MR) is 77.6 cm³/mol. The molecule has 20 heavy (non-hydrogen) atoms. The lowest BCUT2D eigenvalue weighted by atomic mass is 9.46. The number of fused-ring (bicyclic) bond motifs is 3. The standard InChI is InChI=1S/C16H19N3O/c1-2-5-12-11(4-1)17-15(18-12)19-13-10-6-9-20-14(10)16(13)7-3-8-16/h1-2,4-5,10,13-14H,3,6-9H2,(H2,17,18,19). The van der Waals surface area contributed by atoms with Crippen LogP contribution in [0.2, 0.25) is 0 Å². The van der Waals surface area contributed by atoms with E-state index in [1.165, 1.54) is 25.7 Å². The van der Waals surface area contributed by atoms with Gasteiger partial charge in [0.05, 0.1) is 17.1 Å². The van der Waals surface area contributed by atoms with E-state index in [0.717, 1.165) is 23.6 Å². The van der Waals surface area contributed by atoms with Crippen LogP contribution in [0.3, 0.4) is 0 Å². The number of ether oxygens (including phenoxy) is 1. The molecule has 3 fully saturated rings. The third kappa shape index (κ3) is 1.28. The molecule has 0 amide bonds. The molecule has 1 saturated heterocycles. The zero-order valence-electron chi connectivity index (χ0n) is 11.4. The minimum absolute atomic E-state index is 0.403. The summed E-state index contributed by atoms with van der Waals surface area (Å²) >= 11 is 0. The quantitative estimate of drug-likeness (QED) is 0.881. The first-order valence-corrected chi connectivity index (χ1v) is 7.70. The van der Waals surface area contributed by atoms with E-state index in [-0.39, 0.29) is 0 Å². The van der Waals surface area contributed by atoms with E-state index in [4.69, 9.17) is 4.74 Å². The van der Waals surface area contributed by atoms with E-state index in [1.807, 2.05) is 12.1 Å². The number of anilines is 1. The molecule has 2 saturated carbocycles. The fourth-order valence-electron chi connectivity index (χ4n) is 4.62. The second kappa shape index (κ2) is 3.76. The van der Waals surface area contributed by atoms with Crippen molar-refractivity contribution < 1.29 is 4.74 Å². The summed E-state index contributed by atoms with van der Waals surface area (Å²) in [6, 6.07) is 8.75. The van der Waals surface area contributed by atoms with Crippen molar-refractivity contribution in [1.82, 2.24) is 9.97 Å². The van der Waals surface area contributed by atoms with Gasteiger partial charge in [-0.25, -0.2) is 4.98 Å². The molecule has 4 nitrogen and oxygen atoms in total. The molecule has 4 heteroatoms. The lowest BCUT2D eigenvalue weighted by Crippen LogP contribution is -2.68. The Morgan fingerprint density at radius 3 is 3.00 bits per heavy atom. The first kappa shape index (κ1) is 11.1. The van der Waals surface area contributed by atoms with Crippen molar-refractivity contribution in [2.75, 3.05) is 11.9 Å². The van der Waals surface area contributed by atoms with Crippen LogP contribution in [-0.4, -0.2) is 28.7 Å². The van der Waals surface area contributed by atoms with Crippen LogP contribution < -0.4 is 5.32 Å². The molecule has 2 heterocycles. The van der Waals surface area contributed by atoms with E-state index < -0.39 is 0 Å². The number of H-pyrrole nitrogens is 1. The van der Waals surface area contributed by atoms with Crippen LogP contribution in [0.1, 0.15) is 25.7 Å². The molecule has 1 aromatic heterocycles. The molecule has 1 aliphatic heterocycles. The SMILES string of the molecule is c1ccc2[nH]c(NC3C4CCOC4C34CCC4)nc2c1. The molecule has 2 N–H and O–H groups in total. The fraction of sp³-hybridized carbons (Fsp3) is 0.562. The smallest absolute Gasteiger partial charge is 0.201 e. The van der Waals surface area contributed by atoms with Gasteiger partial charge < -0.3 is 15.0 Å². The number of benzene rings is 1. The molecule has 1 aromatic carbocycles. The summed E-state index contributed by atoms with van der Waals surface area (Å²) in [5, 5.41) is 3.69. The van der Waals surface area contributed by atoms with Gasteiger partial charge in [-0.15, -0.1) is 0 Å². The van der Waals surface area contributed by atoms with Crippen LogP contribution in [0.4, 0.5) is 5.95 Å². The van der Waals surface area contributed by atoms with E-state index in [2.05, 4.69) is 27.4 Å². The van der Waals surface area contributed by atoms with Crippen molar-refractivity contribution in [3.63, 3.8) is 0 Å². The Morgan fingerprint density at radius 2 is 2.20 bits per heavy atom. The van der Waals surface area contributed by atoms with Crippen molar-refractivity contribution in [3.8, 4) is 0 Å². The zero-order chi connectivity index (χ0) is 13.2. The average Bonchev–Trinajstić information content (AvgIpc) is 2.98. The van der Waals surface area contributed by atoms with Gasteiger partial charge in [-0.1, -0.05) is 18.6 Å². The minimum atomic E-state index is 0.403. The van der Waals surface area contributed by atoms with Gasteiger partial charge >= 0.3 is 0 Å². The monoisotopic (exact) mass is 269 g/mol. The highest BCUT2D eigenvalue weighted by atomic mass is 16.5. The van der Waals surface area contributed by atoms with Crippen molar-refractivity contribution in [2.45, 2.75) is 37.8 Å². The van der Waals surface area contributed by atoms with E-state index in [0.29, 0.717) is 23.5 Å².